The molecule has 14 heavy (non-hydrogen) atoms. The van der Waals surface area contributed by atoms with E-state index in [1.54, 1.807) is 0 Å². The summed E-state index contributed by atoms with van der Waals surface area (Å²) in [6.07, 6.45) is 5.32. The molecule has 2 heteroatoms. The highest BCUT2D eigenvalue weighted by Crippen LogP contribution is 2.35. The van der Waals surface area contributed by atoms with E-state index in [2.05, 4.69) is 23.7 Å². The molecule has 0 unspecified atom stereocenters. The molecular formula is C12H17NO. The van der Waals surface area contributed by atoms with Gasteiger partial charge in [-0.2, -0.15) is 0 Å². The first-order chi connectivity index (χ1) is 6.92. The van der Waals surface area contributed by atoms with Crippen LogP contribution in [0.1, 0.15) is 42.7 Å². The van der Waals surface area contributed by atoms with E-state index in [1.807, 2.05) is 6.07 Å². The van der Waals surface area contributed by atoms with Crippen LogP contribution >= 0.6 is 0 Å². The molecule has 0 amide bonds. The molecule has 1 aromatic rings. The number of nitrogens with one attached hydrogen (secondary N) is 1. The highest BCUT2D eigenvalue weighted by atomic mass is 16.5. The van der Waals surface area contributed by atoms with Crippen LogP contribution in [0.4, 0.5) is 0 Å². The summed E-state index contributed by atoms with van der Waals surface area (Å²) in [5, 5.41) is 8.74. The van der Waals surface area contributed by atoms with Crippen LogP contribution in [0.15, 0.2) is 24.3 Å². The van der Waals surface area contributed by atoms with Crippen molar-refractivity contribution in [2.45, 2.75) is 38.1 Å². The third-order valence-corrected chi connectivity index (χ3v) is 3.12. The summed E-state index contributed by atoms with van der Waals surface area (Å²) < 4.78 is 0. The van der Waals surface area contributed by atoms with Crippen LogP contribution in [0.5, 0.6) is 0 Å². The van der Waals surface area contributed by atoms with Crippen molar-refractivity contribution in [3.05, 3.63) is 35.4 Å². The summed E-state index contributed by atoms with van der Waals surface area (Å²) >= 11 is 0. The van der Waals surface area contributed by atoms with Gasteiger partial charge >= 0.3 is 0 Å². The molecule has 0 spiro atoms. The van der Waals surface area contributed by atoms with E-state index in [-0.39, 0.29) is 0 Å². The molecule has 0 aromatic heterocycles. The van der Waals surface area contributed by atoms with E-state index < -0.39 is 0 Å². The van der Waals surface area contributed by atoms with Gasteiger partial charge in [0.2, 0.25) is 0 Å². The van der Waals surface area contributed by atoms with Crippen molar-refractivity contribution in [2.24, 2.45) is 0 Å². The fraction of sp³-hybridized carbons (Fsp3) is 0.500. The zero-order valence-electron chi connectivity index (χ0n) is 8.37. The minimum Gasteiger partial charge on any atom is -0.316 e. The Morgan fingerprint density at radius 3 is 2.64 bits per heavy atom. The number of hydrogen-bond acceptors (Lipinski definition) is 2. The van der Waals surface area contributed by atoms with Gasteiger partial charge in [0.15, 0.2) is 0 Å². The van der Waals surface area contributed by atoms with Gasteiger partial charge in [-0.15, -0.1) is 0 Å². The van der Waals surface area contributed by atoms with Crippen molar-refractivity contribution in [3.8, 4) is 0 Å². The molecule has 0 aliphatic heterocycles. The number of hydrogen-bond donors (Lipinski definition) is 2. The average molecular weight is 191 g/mol. The maximum absolute atomic E-state index is 8.74. The lowest BCUT2D eigenvalue weighted by Gasteiger charge is -2.14. The van der Waals surface area contributed by atoms with E-state index in [0.29, 0.717) is 6.54 Å². The second-order valence-electron chi connectivity index (χ2n) is 4.02. The molecule has 1 aliphatic carbocycles. The molecule has 0 heterocycles. The highest BCUT2D eigenvalue weighted by molar-refractivity contribution is 5.30. The Morgan fingerprint density at radius 2 is 1.93 bits per heavy atom. The predicted octanol–water partition coefficient (Wildman–Crippen LogP) is 2.82. The smallest absolute Gasteiger partial charge is 0.0460 e. The van der Waals surface area contributed by atoms with Gasteiger partial charge in [0.1, 0.15) is 0 Å². The van der Waals surface area contributed by atoms with Gasteiger partial charge in [-0.05, 0) is 29.9 Å². The van der Waals surface area contributed by atoms with Gasteiger partial charge in [0.25, 0.3) is 0 Å². The van der Waals surface area contributed by atoms with Gasteiger partial charge in [0.05, 0.1) is 0 Å². The normalized spacial score (nSPS) is 17.5. The first-order valence-electron chi connectivity index (χ1n) is 5.36. The Bertz CT molecular complexity index is 292. The summed E-state index contributed by atoms with van der Waals surface area (Å²) in [6, 6.07) is 8.42. The zero-order chi connectivity index (χ0) is 9.80. The van der Waals surface area contributed by atoms with E-state index in [1.165, 1.54) is 36.8 Å². The van der Waals surface area contributed by atoms with Crippen LogP contribution in [0, 0.1) is 0 Å². The lowest BCUT2D eigenvalue weighted by atomic mass is 9.93. The summed E-state index contributed by atoms with van der Waals surface area (Å²) in [7, 11) is 0. The standard InChI is InChI=1S/C12H17NO/c14-13-9-11-7-3-4-8-12(11)10-5-1-2-6-10/h3-4,7-8,10,13-14H,1-2,5-6,9H2. The topological polar surface area (TPSA) is 32.3 Å². The molecule has 76 valence electrons. The van der Waals surface area contributed by atoms with Crippen molar-refractivity contribution in [2.75, 3.05) is 0 Å². The minimum atomic E-state index is 0.562. The van der Waals surface area contributed by atoms with Crippen molar-refractivity contribution in [1.29, 1.82) is 0 Å². The number of rotatable bonds is 3. The largest absolute Gasteiger partial charge is 0.316 e. The Balaban J connectivity index is 2.21. The summed E-state index contributed by atoms with van der Waals surface area (Å²) in [5.41, 5.74) is 4.91. The molecule has 1 aromatic carbocycles. The second kappa shape index (κ2) is 4.58. The van der Waals surface area contributed by atoms with Gasteiger partial charge in [0, 0.05) is 6.54 Å². The summed E-state index contributed by atoms with van der Waals surface area (Å²) in [4.78, 5) is 0. The Morgan fingerprint density at radius 1 is 1.21 bits per heavy atom. The minimum absolute atomic E-state index is 0.562. The van der Waals surface area contributed by atoms with Crippen molar-refractivity contribution in [3.63, 3.8) is 0 Å². The first-order valence-corrected chi connectivity index (χ1v) is 5.36. The third-order valence-electron chi connectivity index (χ3n) is 3.12. The Labute approximate surface area is 84.9 Å². The van der Waals surface area contributed by atoms with E-state index in [9.17, 15) is 0 Å². The maximum Gasteiger partial charge on any atom is 0.0460 e. The third kappa shape index (κ3) is 1.97. The van der Waals surface area contributed by atoms with E-state index >= 15 is 0 Å². The molecule has 0 atom stereocenters. The molecule has 1 fully saturated rings. The van der Waals surface area contributed by atoms with Gasteiger partial charge in [-0.1, -0.05) is 37.1 Å². The quantitative estimate of drug-likeness (QED) is 0.720. The number of hydroxylamine groups is 1. The van der Waals surface area contributed by atoms with Crippen LogP contribution in [0.2, 0.25) is 0 Å². The van der Waals surface area contributed by atoms with Crippen LogP contribution in [0.25, 0.3) is 0 Å². The highest BCUT2D eigenvalue weighted by Gasteiger charge is 2.18. The Kier molecular flexibility index (Phi) is 3.17. The summed E-state index contributed by atoms with van der Waals surface area (Å²) in [5.74, 6) is 0.722. The molecule has 2 nitrogen and oxygen atoms in total. The van der Waals surface area contributed by atoms with Crippen LogP contribution in [-0.2, 0) is 6.54 Å². The van der Waals surface area contributed by atoms with E-state index in [4.69, 9.17) is 5.21 Å². The molecule has 2 N–H and O–H groups in total. The van der Waals surface area contributed by atoms with E-state index in [0.717, 1.165) is 5.92 Å². The maximum atomic E-state index is 8.74. The fourth-order valence-corrected chi connectivity index (χ4v) is 2.42. The van der Waals surface area contributed by atoms with Crippen molar-refractivity contribution < 1.29 is 5.21 Å². The monoisotopic (exact) mass is 191 g/mol. The van der Waals surface area contributed by atoms with Gasteiger partial charge in [-0.3, -0.25) is 0 Å². The fourth-order valence-electron chi connectivity index (χ4n) is 2.42. The molecular weight excluding hydrogens is 174 g/mol. The second-order valence-corrected chi connectivity index (χ2v) is 4.02. The van der Waals surface area contributed by atoms with Crippen LogP contribution in [-0.4, -0.2) is 5.21 Å². The van der Waals surface area contributed by atoms with Gasteiger partial charge in [-0.25, -0.2) is 5.48 Å². The molecule has 1 aliphatic rings. The Hall–Kier alpha value is -0.860. The molecule has 1 saturated carbocycles. The SMILES string of the molecule is ONCc1ccccc1C1CCCC1. The van der Waals surface area contributed by atoms with Crippen LogP contribution in [0.3, 0.4) is 0 Å². The summed E-state index contributed by atoms with van der Waals surface area (Å²) in [6.45, 7) is 0.562. The lowest BCUT2D eigenvalue weighted by Crippen LogP contribution is -2.09. The number of benzene rings is 1. The lowest BCUT2D eigenvalue weighted by molar-refractivity contribution is 0.161. The van der Waals surface area contributed by atoms with Crippen molar-refractivity contribution >= 4 is 0 Å². The molecule has 0 radical (unpaired) electrons. The molecule has 0 bridgehead atoms. The molecule has 2 rings (SSSR count). The average Bonchev–Trinajstić information content (AvgIpc) is 2.72. The van der Waals surface area contributed by atoms with Crippen molar-refractivity contribution in [1.82, 2.24) is 5.48 Å². The first kappa shape index (κ1) is 9.69. The molecule has 0 saturated heterocycles. The zero-order valence-corrected chi connectivity index (χ0v) is 8.37. The van der Waals surface area contributed by atoms with Crippen LogP contribution < -0.4 is 5.48 Å². The predicted molar refractivity (Wildman–Crippen MR) is 56.3 cm³/mol. The van der Waals surface area contributed by atoms with Gasteiger partial charge < -0.3 is 5.21 Å².